The molecule has 18 heavy (non-hydrogen) atoms. The third kappa shape index (κ3) is 2.12. The Morgan fingerprint density at radius 3 is 2.83 bits per heavy atom. The molecule has 96 valence electrons. The molecule has 2 heterocycles. The number of rotatable bonds is 2. The second-order valence-electron chi connectivity index (χ2n) is 4.60. The number of hydrogen-bond acceptors (Lipinski definition) is 3. The maximum Gasteiger partial charge on any atom is 0.153 e. The van der Waals surface area contributed by atoms with Gasteiger partial charge in [0.2, 0.25) is 0 Å². The van der Waals surface area contributed by atoms with E-state index in [9.17, 15) is 0 Å². The van der Waals surface area contributed by atoms with Gasteiger partial charge in [0.25, 0.3) is 0 Å². The number of furan rings is 1. The lowest BCUT2D eigenvalue weighted by atomic mass is 9.98. The molecule has 0 spiro atoms. The number of benzene rings is 1. The van der Waals surface area contributed by atoms with Crippen LogP contribution in [0.5, 0.6) is 0 Å². The van der Waals surface area contributed by atoms with E-state index in [1.165, 1.54) is 0 Å². The molecule has 2 unspecified atom stereocenters. The molecule has 0 radical (unpaired) electrons. The van der Waals surface area contributed by atoms with Gasteiger partial charge in [0.1, 0.15) is 5.76 Å². The second kappa shape index (κ2) is 4.74. The number of halogens is 2. The van der Waals surface area contributed by atoms with E-state index in [0.29, 0.717) is 28.2 Å². The summed E-state index contributed by atoms with van der Waals surface area (Å²) in [7, 11) is 0. The number of hydrogen-bond donors (Lipinski definition) is 1. The molecule has 1 aliphatic rings. The molecule has 0 amide bonds. The van der Waals surface area contributed by atoms with Crippen LogP contribution in [0.15, 0.2) is 22.6 Å². The van der Waals surface area contributed by atoms with Crippen LogP contribution in [0.1, 0.15) is 18.2 Å². The summed E-state index contributed by atoms with van der Waals surface area (Å²) in [6, 6.07) is 5.25. The highest BCUT2D eigenvalue weighted by molar-refractivity contribution is 6.38. The summed E-state index contributed by atoms with van der Waals surface area (Å²) in [5, 5.41) is 1.99. The van der Waals surface area contributed by atoms with Gasteiger partial charge in [0.15, 0.2) is 5.58 Å². The molecule has 1 saturated heterocycles. The van der Waals surface area contributed by atoms with Crippen LogP contribution >= 0.6 is 23.2 Å². The first-order valence-electron chi connectivity index (χ1n) is 5.87. The molecule has 0 bridgehead atoms. The smallest absolute Gasteiger partial charge is 0.153 e. The van der Waals surface area contributed by atoms with Gasteiger partial charge in [0, 0.05) is 22.9 Å². The van der Waals surface area contributed by atoms with Crippen molar-refractivity contribution in [1.29, 1.82) is 0 Å². The highest BCUT2D eigenvalue weighted by Crippen LogP contribution is 2.35. The van der Waals surface area contributed by atoms with E-state index in [2.05, 4.69) is 0 Å². The summed E-state index contributed by atoms with van der Waals surface area (Å²) >= 11 is 12.1. The van der Waals surface area contributed by atoms with E-state index >= 15 is 0 Å². The molecule has 2 aromatic rings. The van der Waals surface area contributed by atoms with Crippen LogP contribution in [0.25, 0.3) is 11.0 Å². The van der Waals surface area contributed by atoms with Crippen LogP contribution in [0.2, 0.25) is 10.0 Å². The summed E-state index contributed by atoms with van der Waals surface area (Å²) < 4.78 is 11.1. The van der Waals surface area contributed by atoms with Crippen LogP contribution in [0.3, 0.4) is 0 Å². The van der Waals surface area contributed by atoms with E-state index in [4.69, 9.17) is 38.1 Å². The van der Waals surface area contributed by atoms with Crippen LogP contribution < -0.4 is 5.73 Å². The minimum atomic E-state index is -0.158. The largest absolute Gasteiger partial charge is 0.458 e. The molecular formula is C13H13Cl2NO2. The van der Waals surface area contributed by atoms with Crippen molar-refractivity contribution in [3.63, 3.8) is 0 Å². The summed E-state index contributed by atoms with van der Waals surface area (Å²) in [6.45, 7) is 1.46. The van der Waals surface area contributed by atoms with E-state index in [0.717, 1.165) is 24.2 Å². The normalized spacial score (nSPS) is 21.6. The highest BCUT2D eigenvalue weighted by Gasteiger charge is 2.26. The van der Waals surface area contributed by atoms with Crippen LogP contribution in [0, 0.1) is 5.92 Å². The molecule has 3 rings (SSSR count). The zero-order valence-corrected chi connectivity index (χ0v) is 11.2. The Morgan fingerprint density at radius 1 is 1.28 bits per heavy atom. The lowest BCUT2D eigenvalue weighted by molar-refractivity contribution is 0.178. The average Bonchev–Trinajstić information content (AvgIpc) is 2.96. The summed E-state index contributed by atoms with van der Waals surface area (Å²) in [5.74, 6) is 1.05. The van der Waals surface area contributed by atoms with Gasteiger partial charge in [-0.1, -0.05) is 23.2 Å². The van der Waals surface area contributed by atoms with Crippen molar-refractivity contribution < 1.29 is 9.15 Å². The Labute approximate surface area is 115 Å². The van der Waals surface area contributed by atoms with Gasteiger partial charge in [-0.05, 0) is 24.6 Å². The van der Waals surface area contributed by atoms with Crippen molar-refractivity contribution >= 4 is 34.2 Å². The highest BCUT2D eigenvalue weighted by atomic mass is 35.5. The molecule has 1 aromatic carbocycles. The van der Waals surface area contributed by atoms with Gasteiger partial charge in [-0.15, -0.1) is 0 Å². The average molecular weight is 286 g/mol. The first-order chi connectivity index (χ1) is 8.65. The third-order valence-electron chi connectivity index (χ3n) is 3.36. The van der Waals surface area contributed by atoms with Crippen molar-refractivity contribution in [2.75, 3.05) is 13.2 Å². The topological polar surface area (TPSA) is 48.4 Å². The van der Waals surface area contributed by atoms with Gasteiger partial charge in [-0.25, -0.2) is 0 Å². The number of nitrogens with two attached hydrogens (primary N) is 1. The summed E-state index contributed by atoms with van der Waals surface area (Å²) in [5.41, 5.74) is 6.85. The van der Waals surface area contributed by atoms with Gasteiger partial charge in [0.05, 0.1) is 17.7 Å². The molecule has 0 aliphatic carbocycles. The molecule has 2 N–H and O–H groups in total. The maximum absolute atomic E-state index is 6.20. The molecule has 1 fully saturated rings. The number of ether oxygens (including phenoxy) is 1. The molecule has 1 aromatic heterocycles. The Bertz CT molecular complexity index is 576. The van der Waals surface area contributed by atoms with Crippen molar-refractivity contribution in [3.05, 3.63) is 34.0 Å². The first-order valence-corrected chi connectivity index (χ1v) is 6.62. The molecule has 2 atom stereocenters. The van der Waals surface area contributed by atoms with Gasteiger partial charge in [-0.3, -0.25) is 0 Å². The summed E-state index contributed by atoms with van der Waals surface area (Å²) in [4.78, 5) is 0. The SMILES string of the molecule is NC(c1cc2cc(Cl)cc(Cl)c2o1)C1CCOC1. The van der Waals surface area contributed by atoms with Crippen LogP contribution in [-0.2, 0) is 4.74 Å². The second-order valence-corrected chi connectivity index (χ2v) is 5.45. The van der Waals surface area contributed by atoms with E-state index < -0.39 is 0 Å². The lowest BCUT2D eigenvalue weighted by Gasteiger charge is -2.14. The van der Waals surface area contributed by atoms with Crippen LogP contribution in [0.4, 0.5) is 0 Å². The minimum Gasteiger partial charge on any atom is -0.458 e. The van der Waals surface area contributed by atoms with Gasteiger partial charge >= 0.3 is 0 Å². The zero-order chi connectivity index (χ0) is 12.7. The predicted molar refractivity (Wildman–Crippen MR) is 72.1 cm³/mol. The van der Waals surface area contributed by atoms with E-state index in [-0.39, 0.29) is 6.04 Å². The Morgan fingerprint density at radius 2 is 2.11 bits per heavy atom. The molecular weight excluding hydrogens is 273 g/mol. The fourth-order valence-electron chi connectivity index (χ4n) is 2.33. The molecule has 0 saturated carbocycles. The van der Waals surface area contributed by atoms with Gasteiger partial charge < -0.3 is 14.9 Å². The van der Waals surface area contributed by atoms with E-state index in [1.54, 1.807) is 6.07 Å². The standard InChI is InChI=1S/C13H13Cl2NO2/c14-9-3-8-4-11(18-13(8)10(15)5-9)12(16)7-1-2-17-6-7/h3-5,7,12H,1-2,6,16H2. The fourth-order valence-corrected chi connectivity index (χ4v) is 2.88. The maximum atomic E-state index is 6.20. The quantitative estimate of drug-likeness (QED) is 0.914. The van der Waals surface area contributed by atoms with Crippen LogP contribution in [-0.4, -0.2) is 13.2 Å². The minimum absolute atomic E-state index is 0.158. The molecule has 1 aliphatic heterocycles. The Hall–Kier alpha value is -0.740. The van der Waals surface area contributed by atoms with Crippen molar-refractivity contribution in [2.45, 2.75) is 12.5 Å². The molecule has 3 nitrogen and oxygen atoms in total. The van der Waals surface area contributed by atoms with Gasteiger partial charge in [-0.2, -0.15) is 0 Å². The monoisotopic (exact) mass is 285 g/mol. The summed E-state index contributed by atoms with van der Waals surface area (Å²) in [6.07, 6.45) is 0.965. The third-order valence-corrected chi connectivity index (χ3v) is 3.86. The lowest BCUT2D eigenvalue weighted by Crippen LogP contribution is -2.20. The molecule has 5 heteroatoms. The Kier molecular flexibility index (Phi) is 3.24. The number of fused-ring (bicyclic) bond motifs is 1. The Balaban J connectivity index is 1.99. The van der Waals surface area contributed by atoms with Crippen molar-refractivity contribution in [1.82, 2.24) is 0 Å². The predicted octanol–water partition coefficient (Wildman–Crippen LogP) is 3.78. The first kappa shape index (κ1) is 12.3. The fraction of sp³-hybridized carbons (Fsp3) is 0.385. The van der Waals surface area contributed by atoms with E-state index in [1.807, 2.05) is 12.1 Å². The van der Waals surface area contributed by atoms with Crippen molar-refractivity contribution in [3.8, 4) is 0 Å². The van der Waals surface area contributed by atoms with Crippen molar-refractivity contribution in [2.24, 2.45) is 11.7 Å². The zero-order valence-electron chi connectivity index (χ0n) is 9.66.